The number of rotatable bonds is 4. The molecule has 0 aromatic carbocycles. The summed E-state index contributed by atoms with van der Waals surface area (Å²) in [4.78, 5) is 20.1. The summed E-state index contributed by atoms with van der Waals surface area (Å²) < 4.78 is 5.92. The summed E-state index contributed by atoms with van der Waals surface area (Å²) in [6.07, 6.45) is 10.9. The van der Waals surface area contributed by atoms with Gasteiger partial charge in [0.15, 0.2) is 0 Å². The average molecular weight is 325 g/mol. The number of hydrogen-bond donors (Lipinski definition) is 0. The van der Waals surface area contributed by atoms with E-state index in [1.54, 1.807) is 18.6 Å². The molecule has 0 atom stereocenters. The van der Waals surface area contributed by atoms with Crippen LogP contribution in [0, 0.1) is 6.92 Å². The summed E-state index contributed by atoms with van der Waals surface area (Å²) in [5.74, 6) is 3.29. The van der Waals surface area contributed by atoms with Gasteiger partial charge in [0.2, 0.25) is 5.88 Å². The second kappa shape index (κ2) is 6.71. The standard InChI is InChI=1S/C18H23N5O/c1-13-11-16(22-18(21-13)14-3-2-4-14)23-9-5-15(6-10-23)24-17-12-19-7-8-20-17/h7-8,11-12,14-15H,2-6,9-10H2,1H3. The third-order valence-electron chi connectivity index (χ3n) is 4.92. The Kier molecular flexibility index (Phi) is 4.28. The molecule has 6 nitrogen and oxygen atoms in total. The quantitative estimate of drug-likeness (QED) is 0.861. The Hall–Kier alpha value is -2.24. The van der Waals surface area contributed by atoms with Gasteiger partial charge in [-0.2, -0.15) is 0 Å². The summed E-state index contributed by atoms with van der Waals surface area (Å²) in [6.45, 7) is 3.97. The van der Waals surface area contributed by atoms with Crippen molar-refractivity contribution in [1.82, 2.24) is 19.9 Å². The molecule has 1 saturated carbocycles. The summed E-state index contributed by atoms with van der Waals surface area (Å²) >= 11 is 0. The molecule has 6 heteroatoms. The zero-order valence-corrected chi connectivity index (χ0v) is 14.1. The fraction of sp³-hybridized carbons (Fsp3) is 0.556. The van der Waals surface area contributed by atoms with Crippen LogP contribution < -0.4 is 9.64 Å². The van der Waals surface area contributed by atoms with Crippen molar-refractivity contribution in [3.63, 3.8) is 0 Å². The highest BCUT2D eigenvalue weighted by Gasteiger charge is 2.26. The van der Waals surface area contributed by atoms with E-state index >= 15 is 0 Å². The second-order valence-corrected chi connectivity index (χ2v) is 6.70. The molecule has 0 radical (unpaired) electrons. The van der Waals surface area contributed by atoms with E-state index in [0.29, 0.717) is 11.8 Å². The number of aromatic nitrogens is 4. The Morgan fingerprint density at radius 3 is 2.58 bits per heavy atom. The maximum Gasteiger partial charge on any atom is 0.232 e. The maximum absolute atomic E-state index is 5.92. The number of ether oxygens (including phenoxy) is 1. The van der Waals surface area contributed by atoms with Gasteiger partial charge in [-0.1, -0.05) is 6.42 Å². The average Bonchev–Trinajstić information content (AvgIpc) is 2.54. The molecule has 0 bridgehead atoms. The van der Waals surface area contributed by atoms with Crippen LogP contribution in [0.5, 0.6) is 5.88 Å². The van der Waals surface area contributed by atoms with Gasteiger partial charge in [-0.05, 0) is 19.8 Å². The van der Waals surface area contributed by atoms with Crippen LogP contribution in [0.15, 0.2) is 24.7 Å². The number of aryl methyl sites for hydroxylation is 1. The van der Waals surface area contributed by atoms with E-state index in [0.717, 1.165) is 43.3 Å². The van der Waals surface area contributed by atoms with Crippen LogP contribution in [-0.2, 0) is 0 Å². The van der Waals surface area contributed by atoms with E-state index in [1.807, 2.05) is 0 Å². The van der Waals surface area contributed by atoms with Crippen molar-refractivity contribution in [1.29, 1.82) is 0 Å². The van der Waals surface area contributed by atoms with Crippen LogP contribution in [-0.4, -0.2) is 39.1 Å². The molecule has 1 saturated heterocycles. The lowest BCUT2D eigenvalue weighted by molar-refractivity contribution is 0.163. The fourth-order valence-electron chi connectivity index (χ4n) is 3.31. The molecule has 4 rings (SSSR count). The highest BCUT2D eigenvalue weighted by Crippen LogP contribution is 2.35. The molecule has 2 fully saturated rings. The zero-order chi connectivity index (χ0) is 16.4. The minimum absolute atomic E-state index is 0.201. The normalized spacial score (nSPS) is 19.1. The van der Waals surface area contributed by atoms with E-state index in [4.69, 9.17) is 9.72 Å². The van der Waals surface area contributed by atoms with E-state index in [2.05, 4.69) is 32.8 Å². The lowest BCUT2D eigenvalue weighted by Gasteiger charge is -2.33. The minimum atomic E-state index is 0.201. The summed E-state index contributed by atoms with van der Waals surface area (Å²) in [7, 11) is 0. The van der Waals surface area contributed by atoms with Gasteiger partial charge in [0.05, 0.1) is 6.20 Å². The monoisotopic (exact) mass is 325 g/mol. The maximum atomic E-state index is 5.92. The van der Waals surface area contributed by atoms with Gasteiger partial charge >= 0.3 is 0 Å². The largest absolute Gasteiger partial charge is 0.473 e. The Balaban J connectivity index is 1.39. The zero-order valence-electron chi connectivity index (χ0n) is 14.1. The van der Waals surface area contributed by atoms with E-state index in [-0.39, 0.29) is 6.10 Å². The molecule has 0 spiro atoms. The summed E-state index contributed by atoms with van der Waals surface area (Å²) in [6, 6.07) is 2.10. The molecular formula is C18H23N5O. The fourth-order valence-corrected chi connectivity index (χ4v) is 3.31. The molecule has 2 aromatic rings. The SMILES string of the molecule is Cc1cc(N2CCC(Oc3cnccn3)CC2)nc(C2CCC2)n1. The molecule has 0 amide bonds. The number of nitrogens with zero attached hydrogens (tertiary/aromatic N) is 5. The molecule has 24 heavy (non-hydrogen) atoms. The smallest absolute Gasteiger partial charge is 0.232 e. The van der Waals surface area contributed by atoms with Crippen molar-refractivity contribution in [3.8, 4) is 5.88 Å². The highest BCUT2D eigenvalue weighted by molar-refractivity contribution is 5.40. The van der Waals surface area contributed by atoms with E-state index in [1.165, 1.54) is 19.3 Å². The predicted molar refractivity (Wildman–Crippen MR) is 91.3 cm³/mol. The molecular weight excluding hydrogens is 302 g/mol. The third kappa shape index (κ3) is 3.32. The first kappa shape index (κ1) is 15.3. The van der Waals surface area contributed by atoms with Gasteiger partial charge < -0.3 is 9.64 Å². The molecule has 2 aromatic heterocycles. The predicted octanol–water partition coefficient (Wildman–Crippen LogP) is 2.89. The van der Waals surface area contributed by atoms with Gasteiger partial charge in [0.1, 0.15) is 17.7 Å². The second-order valence-electron chi connectivity index (χ2n) is 6.70. The van der Waals surface area contributed by atoms with Gasteiger partial charge in [-0.25, -0.2) is 15.0 Å². The van der Waals surface area contributed by atoms with Crippen LogP contribution in [0.2, 0.25) is 0 Å². The first-order valence-electron chi connectivity index (χ1n) is 8.81. The first-order valence-corrected chi connectivity index (χ1v) is 8.81. The van der Waals surface area contributed by atoms with E-state index < -0.39 is 0 Å². The Morgan fingerprint density at radius 1 is 1.08 bits per heavy atom. The van der Waals surface area contributed by atoms with Crippen molar-refractivity contribution >= 4 is 5.82 Å². The number of hydrogen-bond acceptors (Lipinski definition) is 6. The minimum Gasteiger partial charge on any atom is -0.473 e. The summed E-state index contributed by atoms with van der Waals surface area (Å²) in [5.41, 5.74) is 1.07. The lowest BCUT2D eigenvalue weighted by atomic mass is 9.85. The Bertz CT molecular complexity index is 681. The van der Waals surface area contributed by atoms with Crippen LogP contribution in [0.25, 0.3) is 0 Å². The van der Waals surface area contributed by atoms with E-state index in [9.17, 15) is 0 Å². The molecule has 0 unspecified atom stereocenters. The van der Waals surface area contributed by atoms with Crippen molar-refractivity contribution in [3.05, 3.63) is 36.2 Å². The van der Waals surface area contributed by atoms with Crippen LogP contribution >= 0.6 is 0 Å². The summed E-state index contributed by atoms with van der Waals surface area (Å²) in [5, 5.41) is 0. The molecule has 1 aliphatic heterocycles. The van der Waals surface area contributed by atoms with Gasteiger partial charge in [0, 0.05) is 56.0 Å². The Labute approximate surface area is 142 Å². The van der Waals surface area contributed by atoms with Crippen molar-refractivity contribution in [2.75, 3.05) is 18.0 Å². The van der Waals surface area contributed by atoms with Crippen LogP contribution in [0.3, 0.4) is 0 Å². The van der Waals surface area contributed by atoms with Gasteiger partial charge in [-0.15, -0.1) is 0 Å². The van der Waals surface area contributed by atoms with Crippen molar-refractivity contribution in [2.45, 2.75) is 51.0 Å². The van der Waals surface area contributed by atoms with Gasteiger partial charge in [0.25, 0.3) is 0 Å². The molecule has 1 aliphatic carbocycles. The molecule has 126 valence electrons. The molecule has 0 N–H and O–H groups in total. The third-order valence-corrected chi connectivity index (χ3v) is 4.92. The van der Waals surface area contributed by atoms with Crippen molar-refractivity contribution in [2.24, 2.45) is 0 Å². The first-order chi connectivity index (χ1) is 11.8. The van der Waals surface area contributed by atoms with Crippen LogP contribution in [0.4, 0.5) is 5.82 Å². The lowest BCUT2D eigenvalue weighted by Crippen LogP contribution is -2.39. The van der Waals surface area contributed by atoms with Crippen LogP contribution in [0.1, 0.15) is 49.5 Å². The molecule has 3 heterocycles. The van der Waals surface area contributed by atoms with Crippen molar-refractivity contribution < 1.29 is 4.74 Å². The highest BCUT2D eigenvalue weighted by atomic mass is 16.5. The topological polar surface area (TPSA) is 64.0 Å². The molecule has 2 aliphatic rings. The number of piperidine rings is 1. The van der Waals surface area contributed by atoms with Gasteiger partial charge in [-0.3, -0.25) is 4.98 Å². The number of anilines is 1. The Morgan fingerprint density at radius 2 is 1.92 bits per heavy atom.